The fourth-order valence-electron chi connectivity index (χ4n) is 2.27. The highest BCUT2D eigenvalue weighted by Crippen LogP contribution is 2.23. The first-order valence-corrected chi connectivity index (χ1v) is 8.11. The Balaban J connectivity index is 2.58. The number of rotatable bonds is 5. The van der Waals surface area contributed by atoms with Crippen molar-refractivity contribution in [3.05, 3.63) is 0 Å². The smallest absolute Gasteiger partial charge is 0.235 e. The first-order valence-electron chi connectivity index (χ1n) is 5.63. The monoisotopic (exact) mass is 269 g/mol. The summed E-state index contributed by atoms with van der Waals surface area (Å²) in [5, 5.41) is 0. The van der Waals surface area contributed by atoms with Crippen LogP contribution >= 0.6 is 10.7 Å². The number of methoxy groups -OCH3 is 1. The van der Waals surface area contributed by atoms with Gasteiger partial charge in [-0.15, -0.1) is 0 Å². The van der Waals surface area contributed by atoms with Crippen LogP contribution in [-0.2, 0) is 13.8 Å². The molecule has 0 saturated carbocycles. The third-order valence-corrected chi connectivity index (χ3v) is 4.29. The summed E-state index contributed by atoms with van der Waals surface area (Å²) in [6, 6.07) is 0. The zero-order valence-corrected chi connectivity index (χ0v) is 11.4. The lowest BCUT2D eigenvalue weighted by molar-refractivity contribution is 0.0310. The van der Waals surface area contributed by atoms with Crippen LogP contribution in [0.5, 0.6) is 0 Å². The summed E-state index contributed by atoms with van der Waals surface area (Å²) in [6.07, 6.45) is 1.83. The van der Waals surface area contributed by atoms with Gasteiger partial charge in [-0.2, -0.15) is 0 Å². The summed E-state index contributed by atoms with van der Waals surface area (Å²) in [6.45, 7) is 5.11. The number of nitrogens with zero attached hydrogens (tertiary/aromatic N) is 1. The van der Waals surface area contributed by atoms with Crippen LogP contribution in [0, 0.1) is 5.92 Å². The van der Waals surface area contributed by atoms with E-state index >= 15 is 0 Å². The highest BCUT2D eigenvalue weighted by Gasteiger charge is 2.29. The van der Waals surface area contributed by atoms with E-state index in [4.69, 9.17) is 15.4 Å². The molecule has 0 aromatic rings. The summed E-state index contributed by atoms with van der Waals surface area (Å²) in [4.78, 5) is 2.32. The van der Waals surface area contributed by atoms with E-state index in [2.05, 4.69) is 11.8 Å². The van der Waals surface area contributed by atoms with Crippen molar-refractivity contribution < 1.29 is 13.2 Å². The maximum absolute atomic E-state index is 11.1. The molecule has 6 heteroatoms. The number of ether oxygens (including phenoxy) is 1. The maximum Gasteiger partial charge on any atom is 0.235 e. The highest BCUT2D eigenvalue weighted by molar-refractivity contribution is 8.13. The lowest BCUT2D eigenvalue weighted by Crippen LogP contribution is -2.42. The summed E-state index contributed by atoms with van der Waals surface area (Å²) in [7, 11) is 3.35. The van der Waals surface area contributed by atoms with E-state index in [-0.39, 0.29) is 17.8 Å². The minimum atomic E-state index is -3.48. The lowest BCUT2D eigenvalue weighted by Gasteiger charge is -2.35. The molecule has 4 nitrogen and oxygen atoms in total. The van der Waals surface area contributed by atoms with Gasteiger partial charge in [0.1, 0.15) is 0 Å². The summed E-state index contributed by atoms with van der Waals surface area (Å²) >= 11 is 0. The normalized spacial score (nSPS) is 25.6. The van der Waals surface area contributed by atoms with Gasteiger partial charge >= 0.3 is 0 Å². The molecule has 0 radical (unpaired) electrons. The predicted octanol–water partition coefficient (Wildman–Crippen LogP) is 1.30. The molecule has 16 heavy (non-hydrogen) atoms. The third-order valence-electron chi connectivity index (χ3n) is 3.18. The molecule has 0 N–H and O–H groups in total. The van der Waals surface area contributed by atoms with Gasteiger partial charge in [0.2, 0.25) is 9.05 Å². The minimum absolute atomic E-state index is 0.0900. The molecule has 96 valence electrons. The summed E-state index contributed by atoms with van der Waals surface area (Å²) in [5.41, 5.74) is 0. The van der Waals surface area contributed by atoms with Crippen LogP contribution in [0.2, 0.25) is 0 Å². The molecule has 2 atom stereocenters. The van der Waals surface area contributed by atoms with E-state index in [1.54, 1.807) is 7.11 Å². The second-order valence-corrected chi connectivity index (χ2v) is 7.10. The molecule has 1 rings (SSSR count). The Morgan fingerprint density at radius 3 is 2.75 bits per heavy atom. The second-order valence-electron chi connectivity index (χ2n) is 4.28. The van der Waals surface area contributed by atoms with Gasteiger partial charge in [-0.3, -0.25) is 0 Å². The molecule has 2 unspecified atom stereocenters. The molecule has 1 aliphatic rings. The highest BCUT2D eigenvalue weighted by atomic mass is 35.7. The van der Waals surface area contributed by atoms with Crippen molar-refractivity contribution >= 4 is 19.7 Å². The average Bonchev–Trinajstić information content (AvgIpc) is 2.25. The van der Waals surface area contributed by atoms with Crippen molar-refractivity contribution in [2.24, 2.45) is 5.92 Å². The second kappa shape index (κ2) is 6.19. The van der Waals surface area contributed by atoms with E-state index in [9.17, 15) is 8.42 Å². The van der Waals surface area contributed by atoms with Crippen molar-refractivity contribution in [1.29, 1.82) is 0 Å². The zero-order valence-electron chi connectivity index (χ0n) is 9.86. The minimum Gasteiger partial charge on any atom is -0.380 e. The molecular formula is C10H20ClNO3S. The molecule has 0 amide bonds. The molecule has 1 heterocycles. The van der Waals surface area contributed by atoms with Crippen molar-refractivity contribution in [2.75, 3.05) is 32.5 Å². The van der Waals surface area contributed by atoms with Crippen molar-refractivity contribution in [1.82, 2.24) is 4.90 Å². The van der Waals surface area contributed by atoms with E-state index < -0.39 is 9.05 Å². The fourth-order valence-corrected chi connectivity index (χ4v) is 3.45. The van der Waals surface area contributed by atoms with Crippen LogP contribution in [0.3, 0.4) is 0 Å². The molecule has 1 fully saturated rings. The SMILES string of the molecule is CCN1CCCC(C(CS(=O)(=O)Cl)OC)C1. The van der Waals surface area contributed by atoms with Gasteiger partial charge < -0.3 is 9.64 Å². The van der Waals surface area contributed by atoms with Crippen LogP contribution in [0.4, 0.5) is 0 Å². The molecule has 0 bridgehead atoms. The lowest BCUT2D eigenvalue weighted by atomic mass is 9.93. The number of likely N-dealkylation sites (tertiary alicyclic amines) is 1. The van der Waals surface area contributed by atoms with Crippen LogP contribution in [0.15, 0.2) is 0 Å². The maximum atomic E-state index is 11.1. The van der Waals surface area contributed by atoms with Crippen LogP contribution in [0.25, 0.3) is 0 Å². The van der Waals surface area contributed by atoms with Crippen LogP contribution < -0.4 is 0 Å². The van der Waals surface area contributed by atoms with E-state index in [1.807, 2.05) is 0 Å². The van der Waals surface area contributed by atoms with Gasteiger partial charge in [0.15, 0.2) is 0 Å². The van der Waals surface area contributed by atoms with E-state index in [0.717, 1.165) is 32.5 Å². The Hall–Kier alpha value is 0.160. The topological polar surface area (TPSA) is 46.6 Å². The molecule has 0 aromatic heterocycles. The zero-order chi connectivity index (χ0) is 12.2. The fraction of sp³-hybridized carbons (Fsp3) is 1.00. The van der Waals surface area contributed by atoms with Gasteiger partial charge in [0.25, 0.3) is 0 Å². The Morgan fingerprint density at radius 1 is 1.56 bits per heavy atom. The largest absolute Gasteiger partial charge is 0.380 e. The quantitative estimate of drug-likeness (QED) is 0.706. The Kier molecular flexibility index (Phi) is 5.50. The van der Waals surface area contributed by atoms with Gasteiger partial charge in [0, 0.05) is 24.3 Å². The van der Waals surface area contributed by atoms with Gasteiger partial charge in [0.05, 0.1) is 11.9 Å². The first kappa shape index (κ1) is 14.2. The first-order chi connectivity index (χ1) is 7.46. The molecule has 1 aliphatic heterocycles. The Labute approximate surface area is 102 Å². The predicted molar refractivity (Wildman–Crippen MR) is 65.3 cm³/mol. The van der Waals surface area contributed by atoms with Crippen molar-refractivity contribution in [3.63, 3.8) is 0 Å². The van der Waals surface area contributed by atoms with E-state index in [0.29, 0.717) is 0 Å². The standard InChI is InChI=1S/C10H20ClNO3S/c1-3-12-6-4-5-9(7-12)10(15-2)8-16(11,13)14/h9-10H,3-8H2,1-2H3. The van der Waals surface area contributed by atoms with Crippen LogP contribution in [0.1, 0.15) is 19.8 Å². The molecular weight excluding hydrogens is 250 g/mol. The van der Waals surface area contributed by atoms with Gasteiger partial charge in [-0.05, 0) is 31.8 Å². The van der Waals surface area contributed by atoms with Crippen molar-refractivity contribution in [2.45, 2.75) is 25.9 Å². The summed E-state index contributed by atoms with van der Waals surface area (Å²) < 4.78 is 27.4. The van der Waals surface area contributed by atoms with E-state index in [1.165, 1.54) is 0 Å². The number of hydrogen-bond donors (Lipinski definition) is 0. The number of piperidine rings is 1. The summed E-state index contributed by atoms with van der Waals surface area (Å²) in [5.74, 6) is 0.181. The van der Waals surface area contributed by atoms with Gasteiger partial charge in [-0.25, -0.2) is 8.42 Å². The Bertz CT molecular complexity index is 307. The molecule has 0 aromatic carbocycles. The molecule has 1 saturated heterocycles. The number of halogens is 1. The van der Waals surface area contributed by atoms with Gasteiger partial charge in [-0.1, -0.05) is 6.92 Å². The third kappa shape index (κ3) is 4.57. The van der Waals surface area contributed by atoms with Crippen LogP contribution in [-0.4, -0.2) is 51.9 Å². The Morgan fingerprint density at radius 2 is 2.25 bits per heavy atom. The van der Waals surface area contributed by atoms with Crippen molar-refractivity contribution in [3.8, 4) is 0 Å². The average molecular weight is 270 g/mol. The molecule has 0 spiro atoms. The molecule has 0 aliphatic carbocycles. The number of hydrogen-bond acceptors (Lipinski definition) is 4.